The second-order valence-corrected chi connectivity index (χ2v) is 9.85. The predicted molar refractivity (Wildman–Crippen MR) is 131 cm³/mol. The van der Waals surface area contributed by atoms with Gasteiger partial charge < -0.3 is 4.74 Å². The first-order valence-electron chi connectivity index (χ1n) is 12.8. The number of fused-ring (bicyclic) bond motifs is 3. The molecule has 33 heavy (non-hydrogen) atoms. The Bertz CT molecular complexity index is 953. The van der Waals surface area contributed by atoms with E-state index < -0.39 is 6.61 Å². The minimum atomic E-state index is -2.80. The number of halogens is 2. The van der Waals surface area contributed by atoms with Crippen LogP contribution in [0.2, 0.25) is 0 Å². The van der Waals surface area contributed by atoms with E-state index in [1.807, 2.05) is 0 Å². The summed E-state index contributed by atoms with van der Waals surface area (Å²) >= 11 is 0. The summed E-state index contributed by atoms with van der Waals surface area (Å²) in [4.78, 5) is 0. The van der Waals surface area contributed by atoms with Crippen LogP contribution >= 0.6 is 0 Å². The average molecular weight is 451 g/mol. The number of hydrogen-bond donors (Lipinski definition) is 0. The summed E-state index contributed by atoms with van der Waals surface area (Å²) < 4.78 is 29.0. The zero-order chi connectivity index (χ0) is 23.0. The van der Waals surface area contributed by atoms with Crippen LogP contribution in [0.25, 0.3) is 0 Å². The van der Waals surface area contributed by atoms with Gasteiger partial charge in [0.2, 0.25) is 0 Å². The SMILES string of the molecule is CCCCCCCC1CCC2c3ccc(C#Cc4ccc(OC(F)F)cc4)cc3CCC2C1. The highest BCUT2D eigenvalue weighted by molar-refractivity contribution is 5.48. The molecule has 0 radical (unpaired) electrons. The second-order valence-electron chi connectivity index (χ2n) is 9.85. The first kappa shape index (κ1) is 23.8. The van der Waals surface area contributed by atoms with Crippen LogP contribution in [0.5, 0.6) is 5.75 Å². The molecule has 1 nitrogen and oxygen atoms in total. The number of unbranched alkanes of at least 4 members (excludes halogenated alkanes) is 4. The Morgan fingerprint density at radius 3 is 2.45 bits per heavy atom. The number of hydrogen-bond acceptors (Lipinski definition) is 1. The smallest absolute Gasteiger partial charge is 0.387 e. The summed E-state index contributed by atoms with van der Waals surface area (Å²) in [5, 5.41) is 0. The number of ether oxygens (including phenoxy) is 1. The molecule has 4 rings (SSSR count). The molecule has 3 heteroatoms. The van der Waals surface area contributed by atoms with E-state index in [1.165, 1.54) is 81.9 Å². The van der Waals surface area contributed by atoms with Crippen molar-refractivity contribution in [2.24, 2.45) is 11.8 Å². The Morgan fingerprint density at radius 1 is 0.909 bits per heavy atom. The molecular formula is C30H36F2O. The fraction of sp³-hybridized carbons (Fsp3) is 0.533. The number of rotatable bonds is 8. The van der Waals surface area contributed by atoms with Crippen LogP contribution in [-0.4, -0.2) is 6.61 Å². The maximum absolute atomic E-state index is 12.3. The molecule has 0 aliphatic heterocycles. The van der Waals surface area contributed by atoms with E-state index in [0.717, 1.165) is 35.3 Å². The van der Waals surface area contributed by atoms with Gasteiger partial charge in [0.05, 0.1) is 0 Å². The van der Waals surface area contributed by atoms with E-state index in [1.54, 1.807) is 17.7 Å². The predicted octanol–water partition coefficient (Wildman–Crippen LogP) is 8.49. The van der Waals surface area contributed by atoms with Gasteiger partial charge in [-0.25, -0.2) is 0 Å². The van der Waals surface area contributed by atoms with Crippen LogP contribution < -0.4 is 4.74 Å². The third-order valence-corrected chi connectivity index (χ3v) is 7.56. The van der Waals surface area contributed by atoms with Crippen molar-refractivity contribution in [1.82, 2.24) is 0 Å². The average Bonchev–Trinajstić information content (AvgIpc) is 2.82. The normalized spacial score (nSPS) is 21.6. The van der Waals surface area contributed by atoms with E-state index in [9.17, 15) is 8.78 Å². The van der Waals surface area contributed by atoms with Crippen molar-refractivity contribution in [3.63, 3.8) is 0 Å². The van der Waals surface area contributed by atoms with Crippen LogP contribution in [0.1, 0.15) is 99.3 Å². The minimum Gasteiger partial charge on any atom is -0.435 e. The van der Waals surface area contributed by atoms with Crippen LogP contribution in [0.15, 0.2) is 42.5 Å². The highest BCUT2D eigenvalue weighted by Crippen LogP contribution is 2.48. The molecule has 0 N–H and O–H groups in total. The molecule has 1 fully saturated rings. The fourth-order valence-corrected chi connectivity index (χ4v) is 5.86. The van der Waals surface area contributed by atoms with Crippen molar-refractivity contribution < 1.29 is 13.5 Å². The van der Waals surface area contributed by atoms with Crippen molar-refractivity contribution in [2.75, 3.05) is 0 Å². The number of benzene rings is 2. The van der Waals surface area contributed by atoms with Crippen molar-refractivity contribution >= 4 is 0 Å². The molecule has 0 heterocycles. The van der Waals surface area contributed by atoms with E-state index in [0.29, 0.717) is 0 Å². The highest BCUT2D eigenvalue weighted by atomic mass is 19.3. The highest BCUT2D eigenvalue weighted by Gasteiger charge is 2.34. The second kappa shape index (κ2) is 11.7. The topological polar surface area (TPSA) is 9.23 Å². The number of aryl methyl sites for hydroxylation is 1. The van der Waals surface area contributed by atoms with Gasteiger partial charge in [-0.05, 0) is 97.4 Å². The van der Waals surface area contributed by atoms with E-state index >= 15 is 0 Å². The van der Waals surface area contributed by atoms with Crippen molar-refractivity contribution in [1.29, 1.82) is 0 Å². The molecular weight excluding hydrogens is 414 g/mol. The molecule has 0 spiro atoms. The largest absolute Gasteiger partial charge is 0.435 e. The first-order valence-corrected chi connectivity index (χ1v) is 12.8. The van der Waals surface area contributed by atoms with Gasteiger partial charge in [0, 0.05) is 11.1 Å². The quantitative estimate of drug-likeness (QED) is 0.289. The Kier molecular flexibility index (Phi) is 8.43. The fourth-order valence-electron chi connectivity index (χ4n) is 5.86. The molecule has 0 aromatic heterocycles. The maximum Gasteiger partial charge on any atom is 0.387 e. The number of alkyl halides is 2. The Hall–Kier alpha value is -2.34. The lowest BCUT2D eigenvalue weighted by Crippen LogP contribution is -2.28. The zero-order valence-electron chi connectivity index (χ0n) is 19.8. The first-order chi connectivity index (χ1) is 16.1. The van der Waals surface area contributed by atoms with Gasteiger partial charge in [-0.2, -0.15) is 8.78 Å². The molecule has 0 amide bonds. The van der Waals surface area contributed by atoms with Crippen molar-refractivity contribution in [2.45, 2.75) is 90.1 Å². The summed E-state index contributed by atoms with van der Waals surface area (Å²) in [5.74, 6) is 9.09. The third-order valence-electron chi connectivity index (χ3n) is 7.56. The summed E-state index contributed by atoms with van der Waals surface area (Å²) in [6.45, 7) is -0.518. The molecule has 2 aromatic carbocycles. The molecule has 2 aliphatic carbocycles. The van der Waals surface area contributed by atoms with Crippen LogP contribution in [0.4, 0.5) is 8.78 Å². The van der Waals surface area contributed by atoms with Gasteiger partial charge in [0.15, 0.2) is 0 Å². The van der Waals surface area contributed by atoms with Gasteiger partial charge in [0.25, 0.3) is 0 Å². The lowest BCUT2D eigenvalue weighted by Gasteiger charge is -2.40. The Labute approximate surface area is 197 Å². The summed E-state index contributed by atoms with van der Waals surface area (Å²) in [5.41, 5.74) is 4.86. The van der Waals surface area contributed by atoms with Gasteiger partial charge >= 0.3 is 6.61 Å². The molecule has 3 atom stereocenters. The molecule has 2 aliphatic rings. The zero-order valence-corrected chi connectivity index (χ0v) is 19.8. The molecule has 176 valence electrons. The van der Waals surface area contributed by atoms with Gasteiger partial charge in [-0.1, -0.05) is 63.4 Å². The Morgan fingerprint density at radius 2 is 1.67 bits per heavy atom. The van der Waals surface area contributed by atoms with Gasteiger partial charge in [-0.15, -0.1) is 0 Å². The molecule has 0 saturated heterocycles. The van der Waals surface area contributed by atoms with Crippen molar-refractivity contribution in [3.8, 4) is 17.6 Å². The van der Waals surface area contributed by atoms with Crippen LogP contribution in [0.3, 0.4) is 0 Å². The molecule has 0 bridgehead atoms. The molecule has 2 aromatic rings. The van der Waals surface area contributed by atoms with Crippen LogP contribution in [-0.2, 0) is 6.42 Å². The van der Waals surface area contributed by atoms with Gasteiger partial charge in [-0.3, -0.25) is 0 Å². The lowest BCUT2D eigenvalue weighted by atomic mass is 9.64. The maximum atomic E-state index is 12.3. The van der Waals surface area contributed by atoms with E-state index in [2.05, 4.69) is 41.7 Å². The van der Waals surface area contributed by atoms with Crippen LogP contribution in [0, 0.1) is 23.7 Å². The third kappa shape index (κ3) is 6.59. The summed E-state index contributed by atoms with van der Waals surface area (Å²) in [7, 11) is 0. The monoisotopic (exact) mass is 450 g/mol. The minimum absolute atomic E-state index is 0.157. The molecule has 1 saturated carbocycles. The Balaban J connectivity index is 1.34. The summed E-state index contributed by atoms with van der Waals surface area (Å²) in [6.07, 6.45) is 15.0. The lowest BCUT2D eigenvalue weighted by molar-refractivity contribution is -0.0498. The molecule has 3 unspecified atom stereocenters. The summed E-state index contributed by atoms with van der Waals surface area (Å²) in [6, 6.07) is 13.2. The van der Waals surface area contributed by atoms with Crippen molar-refractivity contribution in [3.05, 3.63) is 64.7 Å². The standard InChI is InChI=1S/C30H36F2O/c1-2-3-4-5-6-7-23-12-18-28-25(20-23)14-15-26-21-24(13-19-29(26)28)9-8-22-10-16-27(17-11-22)33-30(31)32/h10-11,13,16-17,19,21,23,25,28,30H,2-7,12,14-15,18,20H2,1H3. The van der Waals surface area contributed by atoms with E-state index in [-0.39, 0.29) is 5.75 Å². The van der Waals surface area contributed by atoms with Gasteiger partial charge in [0.1, 0.15) is 5.75 Å². The van der Waals surface area contributed by atoms with E-state index in [4.69, 9.17) is 0 Å².